The summed E-state index contributed by atoms with van der Waals surface area (Å²) in [4.78, 5) is 14.3. The number of amides is 2. The summed E-state index contributed by atoms with van der Waals surface area (Å²) >= 11 is 1.48. The smallest absolute Gasteiger partial charge is 0.323 e. The topological polar surface area (TPSA) is 52.6 Å². The summed E-state index contributed by atoms with van der Waals surface area (Å²) in [7, 11) is 0. The summed E-state index contributed by atoms with van der Waals surface area (Å²) in [6, 6.07) is 13.2. The van der Waals surface area contributed by atoms with Crippen LogP contribution in [0.15, 0.2) is 47.8 Å². The van der Waals surface area contributed by atoms with E-state index in [0.717, 1.165) is 10.6 Å². The van der Waals surface area contributed by atoms with E-state index in [2.05, 4.69) is 5.32 Å². The van der Waals surface area contributed by atoms with Gasteiger partial charge >= 0.3 is 6.03 Å². The lowest BCUT2D eigenvalue weighted by Crippen LogP contribution is -2.46. The molecule has 0 saturated heterocycles. The fraction of sp³-hybridized carbons (Fsp3) is 0.353. The molecule has 0 saturated carbocycles. The zero-order valence-electron chi connectivity index (χ0n) is 12.9. The van der Waals surface area contributed by atoms with Crippen molar-refractivity contribution in [3.8, 4) is 0 Å². The molecule has 0 radical (unpaired) electrons. The molecular formula is C17H22N2O2S. The maximum atomic E-state index is 12.6. The van der Waals surface area contributed by atoms with E-state index in [1.54, 1.807) is 4.90 Å². The number of nitrogens with one attached hydrogen (secondary N) is 1. The van der Waals surface area contributed by atoms with E-state index < -0.39 is 0 Å². The molecule has 22 heavy (non-hydrogen) atoms. The van der Waals surface area contributed by atoms with E-state index in [0.29, 0.717) is 6.54 Å². The van der Waals surface area contributed by atoms with Crippen LogP contribution >= 0.6 is 11.3 Å². The molecule has 118 valence electrons. The number of aliphatic hydroxyl groups is 1. The fourth-order valence-corrected chi connectivity index (χ4v) is 2.92. The first kappa shape index (κ1) is 16.5. The van der Waals surface area contributed by atoms with Crippen LogP contribution in [0.25, 0.3) is 0 Å². The molecule has 0 aliphatic carbocycles. The molecule has 1 aromatic heterocycles. The first-order chi connectivity index (χ1) is 10.6. The van der Waals surface area contributed by atoms with Gasteiger partial charge in [-0.3, -0.25) is 5.32 Å². The summed E-state index contributed by atoms with van der Waals surface area (Å²) in [6.07, 6.45) is 0. The van der Waals surface area contributed by atoms with Gasteiger partial charge < -0.3 is 10.0 Å². The van der Waals surface area contributed by atoms with Crippen LogP contribution in [0.1, 0.15) is 19.4 Å². The lowest BCUT2D eigenvalue weighted by Gasteiger charge is -2.33. The maximum absolute atomic E-state index is 12.6. The number of hydrogen-bond donors (Lipinski definition) is 2. The van der Waals surface area contributed by atoms with E-state index >= 15 is 0 Å². The van der Waals surface area contributed by atoms with Gasteiger partial charge in [-0.05, 0) is 29.0 Å². The number of benzene rings is 1. The highest BCUT2D eigenvalue weighted by atomic mass is 32.1. The van der Waals surface area contributed by atoms with Gasteiger partial charge in [0.25, 0.3) is 0 Å². The molecule has 1 aromatic carbocycles. The van der Waals surface area contributed by atoms with Crippen molar-refractivity contribution in [2.75, 3.05) is 11.9 Å². The third kappa shape index (κ3) is 4.32. The molecule has 0 fully saturated rings. The standard InChI is InChI=1S/C17H22N2O2S/c1-13(2)15(12-20)19(11-14-7-4-3-5-8-14)17(21)18-16-9-6-10-22-16/h3-10,13,15,20H,11-12H2,1-2H3,(H,18,21)/t15-/m1/s1. The fourth-order valence-electron chi connectivity index (χ4n) is 2.32. The minimum absolute atomic E-state index is 0.0532. The molecule has 0 spiro atoms. The summed E-state index contributed by atoms with van der Waals surface area (Å²) in [5.41, 5.74) is 1.04. The molecule has 2 N–H and O–H groups in total. The predicted octanol–water partition coefficient (Wildman–Crippen LogP) is 3.80. The largest absolute Gasteiger partial charge is 0.394 e. The van der Waals surface area contributed by atoms with Crippen molar-refractivity contribution in [2.45, 2.75) is 26.4 Å². The summed E-state index contributed by atoms with van der Waals surface area (Å²) in [5, 5.41) is 15.3. The van der Waals surface area contributed by atoms with Crippen LogP contribution in [0.4, 0.5) is 9.80 Å². The van der Waals surface area contributed by atoms with Gasteiger partial charge in [0.05, 0.1) is 17.6 Å². The Hall–Kier alpha value is -1.85. The first-order valence-electron chi connectivity index (χ1n) is 7.37. The second kappa shape index (κ2) is 7.96. The van der Waals surface area contributed by atoms with Crippen LogP contribution in [0.2, 0.25) is 0 Å². The number of thiophene rings is 1. The second-order valence-corrected chi connectivity index (χ2v) is 6.46. The minimum Gasteiger partial charge on any atom is -0.394 e. The Morgan fingerprint density at radius 2 is 1.95 bits per heavy atom. The quantitative estimate of drug-likeness (QED) is 0.851. The van der Waals surface area contributed by atoms with Crippen molar-refractivity contribution in [1.82, 2.24) is 4.90 Å². The summed E-state index contributed by atoms with van der Waals surface area (Å²) in [5.74, 6) is 0.169. The van der Waals surface area contributed by atoms with Crippen LogP contribution in [0.3, 0.4) is 0 Å². The third-order valence-corrected chi connectivity index (χ3v) is 4.35. The zero-order valence-corrected chi connectivity index (χ0v) is 13.7. The third-order valence-electron chi connectivity index (χ3n) is 3.56. The Balaban J connectivity index is 2.18. The van der Waals surface area contributed by atoms with Gasteiger partial charge in [0.2, 0.25) is 0 Å². The molecule has 1 heterocycles. The molecule has 2 aromatic rings. The number of hydrogen-bond acceptors (Lipinski definition) is 3. The Morgan fingerprint density at radius 3 is 2.50 bits per heavy atom. The van der Waals surface area contributed by atoms with E-state index in [9.17, 15) is 9.90 Å². The van der Waals surface area contributed by atoms with Gasteiger partial charge in [-0.1, -0.05) is 44.2 Å². The molecule has 0 bridgehead atoms. The van der Waals surface area contributed by atoms with Gasteiger partial charge in [0.1, 0.15) is 0 Å². The van der Waals surface area contributed by atoms with E-state index in [1.807, 2.05) is 61.7 Å². The minimum atomic E-state index is -0.222. The van der Waals surface area contributed by atoms with Crippen molar-refractivity contribution < 1.29 is 9.90 Å². The van der Waals surface area contributed by atoms with Crippen LogP contribution < -0.4 is 5.32 Å². The number of aliphatic hydroxyl groups excluding tert-OH is 1. The highest BCUT2D eigenvalue weighted by Crippen LogP contribution is 2.19. The van der Waals surface area contributed by atoms with Gasteiger partial charge in [0.15, 0.2) is 0 Å². The number of anilines is 1. The second-order valence-electron chi connectivity index (χ2n) is 5.51. The van der Waals surface area contributed by atoms with Gasteiger partial charge in [-0.25, -0.2) is 4.79 Å². The Labute approximate surface area is 135 Å². The van der Waals surface area contributed by atoms with Crippen molar-refractivity contribution in [3.05, 3.63) is 53.4 Å². The lowest BCUT2D eigenvalue weighted by molar-refractivity contribution is 0.110. The Morgan fingerprint density at radius 1 is 1.23 bits per heavy atom. The maximum Gasteiger partial charge on any atom is 0.323 e. The Kier molecular flexibility index (Phi) is 5.98. The molecule has 5 heteroatoms. The van der Waals surface area contributed by atoms with E-state index in [-0.39, 0.29) is 24.6 Å². The average Bonchev–Trinajstić information content (AvgIpc) is 3.00. The van der Waals surface area contributed by atoms with Crippen molar-refractivity contribution in [3.63, 3.8) is 0 Å². The van der Waals surface area contributed by atoms with Crippen LogP contribution in [-0.2, 0) is 6.54 Å². The molecular weight excluding hydrogens is 296 g/mol. The molecule has 2 amide bonds. The van der Waals surface area contributed by atoms with Gasteiger partial charge in [-0.2, -0.15) is 0 Å². The van der Waals surface area contributed by atoms with Crippen LogP contribution in [0, 0.1) is 5.92 Å². The van der Waals surface area contributed by atoms with Crippen LogP contribution in [-0.4, -0.2) is 28.7 Å². The van der Waals surface area contributed by atoms with Crippen molar-refractivity contribution >= 4 is 22.4 Å². The number of urea groups is 1. The van der Waals surface area contributed by atoms with E-state index in [4.69, 9.17) is 0 Å². The molecule has 0 aliphatic heterocycles. The summed E-state index contributed by atoms with van der Waals surface area (Å²) < 4.78 is 0. The summed E-state index contributed by atoms with van der Waals surface area (Å²) in [6.45, 7) is 4.44. The molecule has 2 rings (SSSR count). The number of carbonyl (C=O) groups excluding carboxylic acids is 1. The van der Waals surface area contributed by atoms with Gasteiger partial charge in [-0.15, -0.1) is 11.3 Å². The zero-order chi connectivity index (χ0) is 15.9. The number of rotatable bonds is 6. The van der Waals surface area contributed by atoms with E-state index in [1.165, 1.54) is 11.3 Å². The van der Waals surface area contributed by atoms with Gasteiger partial charge in [0, 0.05) is 6.54 Å². The first-order valence-corrected chi connectivity index (χ1v) is 8.25. The van der Waals surface area contributed by atoms with Crippen molar-refractivity contribution in [1.29, 1.82) is 0 Å². The van der Waals surface area contributed by atoms with Crippen molar-refractivity contribution in [2.24, 2.45) is 5.92 Å². The SMILES string of the molecule is CC(C)[C@@H](CO)N(Cc1ccccc1)C(=O)Nc1cccs1. The normalized spacial score (nSPS) is 12.2. The molecule has 4 nitrogen and oxygen atoms in total. The number of nitrogens with zero attached hydrogens (tertiary/aromatic N) is 1. The molecule has 0 aliphatic rings. The highest BCUT2D eigenvalue weighted by molar-refractivity contribution is 7.14. The predicted molar refractivity (Wildman–Crippen MR) is 91.0 cm³/mol. The molecule has 1 atom stereocenters. The highest BCUT2D eigenvalue weighted by Gasteiger charge is 2.26. The lowest BCUT2D eigenvalue weighted by atomic mass is 10.0. The molecule has 0 unspecified atom stereocenters. The average molecular weight is 318 g/mol. The number of carbonyl (C=O) groups is 1. The Bertz CT molecular complexity index is 570. The van der Waals surface area contributed by atoms with Crippen LogP contribution in [0.5, 0.6) is 0 Å². The monoisotopic (exact) mass is 318 g/mol.